The van der Waals surface area contributed by atoms with Gasteiger partial charge in [0.1, 0.15) is 66.8 Å². The largest absolute Gasteiger partial charge is 0.394 e. The third kappa shape index (κ3) is 8.40. The minimum absolute atomic E-state index is 0.0791. The van der Waals surface area contributed by atoms with Gasteiger partial charge in [-0.3, -0.25) is 4.79 Å². The number of rotatable bonds is 11. The van der Waals surface area contributed by atoms with Crippen molar-refractivity contribution in [2.75, 3.05) is 13.2 Å². The smallest absolute Gasteiger partial charge is 0.187 e. The van der Waals surface area contributed by atoms with E-state index in [2.05, 4.69) is 20.8 Å². The van der Waals surface area contributed by atoms with Crippen LogP contribution in [-0.2, 0) is 38.0 Å². The van der Waals surface area contributed by atoms with E-state index in [9.17, 15) is 55.9 Å². The molecule has 0 aromatic heterocycles. The lowest BCUT2D eigenvalue weighted by atomic mass is 9.43. The van der Waals surface area contributed by atoms with E-state index in [0.29, 0.717) is 38.0 Å². The minimum atomic E-state index is -1.65. The molecule has 8 fully saturated rings. The van der Waals surface area contributed by atoms with Crippen LogP contribution in [0, 0.1) is 52.3 Å². The number of aliphatic hydroxyl groups is 10. The molecule has 0 bridgehead atoms. The van der Waals surface area contributed by atoms with Gasteiger partial charge in [-0.1, -0.05) is 27.7 Å². The van der Waals surface area contributed by atoms with Gasteiger partial charge in [0, 0.05) is 25.2 Å². The summed E-state index contributed by atoms with van der Waals surface area (Å²) in [6.07, 6.45) is -15.0. The molecule has 0 amide bonds. The fourth-order valence-corrected chi connectivity index (χ4v) is 13.9. The Morgan fingerprint density at radius 1 is 0.730 bits per heavy atom. The van der Waals surface area contributed by atoms with Gasteiger partial charge in [0.05, 0.1) is 37.6 Å². The van der Waals surface area contributed by atoms with Crippen LogP contribution in [0.4, 0.5) is 0 Å². The predicted octanol–water partition coefficient (Wildman–Crippen LogP) is -0.545. The standard InChI is InChI=1S/C45H74O18/c1-18(17-57-40-36(53)35(52)33(50)29(16-46)61-40)7-12-45(56)19(2)30-28(63-45)15-25-23-14-27(26-13-22(47)8-10-43(26,5)24(23)9-11-44(25,30)6)60-42-38(55)39(32(49)21(4)59-42)62-41-37(54)34(51)31(48)20(3)58-41/h18-21,23-42,46,48-56H,7-17H2,1-6H3/t18-,19-,20-,21+,23+,24-,25-,26+,27-,28-,29+,30-,31-,32+,33+,34+,35-,36+,37-,38+,39-,40+,41-,42-,43+,44-,45+/m0/s1. The molecule has 0 unspecified atom stereocenters. The van der Waals surface area contributed by atoms with E-state index in [4.69, 9.17) is 33.2 Å². The molecule has 27 atom stereocenters. The van der Waals surface area contributed by atoms with Crippen molar-refractivity contribution in [3.05, 3.63) is 0 Å². The SMILES string of the molecule is C[C@@H](CC[C@@]1(O)O[C@H]2C[C@H]3[C@@H]4C[C@H](O[C@@H]5O[C@H](C)[C@@H](O)[C@H](O[C@@H]6O[C@@H](C)[C@H](O)[C@@H](O)[C@@H]6O)[C@H]5O)[C@H]5CC(=O)CC[C@]5(C)[C@H]4CC[C@]3(C)[C@H]2[C@@H]1C)CO[C@@H]1O[C@H](CO)[C@@H](O)[C@H](O)[C@H]1O. The zero-order valence-electron chi connectivity index (χ0n) is 37.4. The highest BCUT2D eigenvalue weighted by atomic mass is 16.7. The summed E-state index contributed by atoms with van der Waals surface area (Å²) in [5, 5.41) is 107. The normalized spacial score (nSPS) is 56.3. The number of carbonyl (C=O) groups is 1. The summed E-state index contributed by atoms with van der Waals surface area (Å²) < 4.78 is 42.6. The molecule has 0 aromatic rings. The molecule has 0 aromatic carbocycles. The average Bonchev–Trinajstić information content (AvgIpc) is 3.68. The number of hydrogen-bond acceptors (Lipinski definition) is 18. The fourth-order valence-electron chi connectivity index (χ4n) is 13.9. The second kappa shape index (κ2) is 18.1. The molecule has 0 spiro atoms. The van der Waals surface area contributed by atoms with E-state index in [1.54, 1.807) is 6.92 Å². The van der Waals surface area contributed by atoms with Crippen molar-refractivity contribution in [1.29, 1.82) is 0 Å². The predicted molar refractivity (Wildman–Crippen MR) is 217 cm³/mol. The van der Waals surface area contributed by atoms with Gasteiger partial charge in [0.2, 0.25) is 0 Å². The molecule has 0 radical (unpaired) electrons. The van der Waals surface area contributed by atoms with Crippen LogP contribution in [0.25, 0.3) is 0 Å². The molecule has 4 aliphatic carbocycles. The zero-order valence-corrected chi connectivity index (χ0v) is 37.4. The number of hydrogen-bond donors (Lipinski definition) is 10. The first-order valence-electron chi connectivity index (χ1n) is 23.5. The van der Waals surface area contributed by atoms with Crippen LogP contribution in [-0.4, -0.2) is 180 Å². The summed E-state index contributed by atoms with van der Waals surface area (Å²) in [6.45, 7) is 11.4. The zero-order chi connectivity index (χ0) is 45.7. The molecular weight excluding hydrogens is 828 g/mol. The Labute approximate surface area is 369 Å². The van der Waals surface area contributed by atoms with Crippen molar-refractivity contribution < 1.29 is 89.0 Å². The number of Topliss-reactive ketones (excluding diaryl/α,β-unsaturated/α-hetero) is 1. The summed E-state index contributed by atoms with van der Waals surface area (Å²) in [7, 11) is 0. The second-order valence-electron chi connectivity index (χ2n) is 21.4. The van der Waals surface area contributed by atoms with E-state index in [1.807, 2.05) is 6.92 Å². The van der Waals surface area contributed by atoms with Crippen molar-refractivity contribution >= 4 is 5.78 Å². The fraction of sp³-hybridized carbons (Fsp3) is 0.978. The Kier molecular flexibility index (Phi) is 14.0. The van der Waals surface area contributed by atoms with Gasteiger partial charge >= 0.3 is 0 Å². The molecule has 8 aliphatic rings. The Morgan fingerprint density at radius 3 is 2.08 bits per heavy atom. The van der Waals surface area contributed by atoms with Crippen LogP contribution < -0.4 is 0 Å². The monoisotopic (exact) mass is 902 g/mol. The van der Waals surface area contributed by atoms with Crippen molar-refractivity contribution in [2.24, 2.45) is 52.3 Å². The topological polar surface area (TPSA) is 284 Å². The summed E-state index contributed by atoms with van der Waals surface area (Å²) in [5.74, 6) is -0.816. The number of aliphatic hydroxyl groups excluding tert-OH is 9. The molecule has 63 heavy (non-hydrogen) atoms. The van der Waals surface area contributed by atoms with Crippen LogP contribution in [0.2, 0.25) is 0 Å². The lowest BCUT2D eigenvalue weighted by molar-refractivity contribution is -0.362. The third-order valence-electron chi connectivity index (χ3n) is 17.7. The Bertz CT molecular complexity index is 1610. The highest BCUT2D eigenvalue weighted by Gasteiger charge is 2.69. The summed E-state index contributed by atoms with van der Waals surface area (Å²) in [4.78, 5) is 13.2. The summed E-state index contributed by atoms with van der Waals surface area (Å²) >= 11 is 0. The molecule has 4 heterocycles. The van der Waals surface area contributed by atoms with Gasteiger partial charge in [0.15, 0.2) is 24.7 Å². The van der Waals surface area contributed by atoms with Gasteiger partial charge in [-0.15, -0.1) is 0 Å². The highest BCUT2D eigenvalue weighted by Crippen LogP contribution is 2.71. The van der Waals surface area contributed by atoms with Gasteiger partial charge in [-0.2, -0.15) is 0 Å². The Hall–Kier alpha value is -1.01. The Balaban J connectivity index is 0.946. The number of ether oxygens (including phenoxy) is 7. The maximum atomic E-state index is 13.2. The average molecular weight is 903 g/mol. The lowest BCUT2D eigenvalue weighted by Gasteiger charge is -2.62. The molecule has 4 saturated carbocycles. The van der Waals surface area contributed by atoms with Crippen LogP contribution in [0.1, 0.15) is 99.3 Å². The van der Waals surface area contributed by atoms with Gasteiger partial charge < -0.3 is 84.2 Å². The molecule has 362 valence electrons. The minimum Gasteiger partial charge on any atom is -0.394 e. The first-order chi connectivity index (χ1) is 29.6. The van der Waals surface area contributed by atoms with E-state index < -0.39 is 111 Å². The first kappa shape index (κ1) is 48.4. The highest BCUT2D eigenvalue weighted by molar-refractivity contribution is 5.79. The van der Waals surface area contributed by atoms with Crippen LogP contribution in [0.15, 0.2) is 0 Å². The van der Waals surface area contributed by atoms with Crippen molar-refractivity contribution in [1.82, 2.24) is 0 Å². The van der Waals surface area contributed by atoms with Gasteiger partial charge in [0.25, 0.3) is 0 Å². The molecule has 18 nitrogen and oxygen atoms in total. The first-order valence-corrected chi connectivity index (χ1v) is 23.5. The summed E-state index contributed by atoms with van der Waals surface area (Å²) in [6, 6.07) is 0. The maximum absolute atomic E-state index is 13.2. The molecule has 4 saturated heterocycles. The molecule has 8 rings (SSSR count). The maximum Gasteiger partial charge on any atom is 0.187 e. The molecule has 18 heteroatoms. The number of fused-ring (bicyclic) bond motifs is 7. The Morgan fingerprint density at radius 2 is 1.38 bits per heavy atom. The number of ketones is 1. The summed E-state index contributed by atoms with van der Waals surface area (Å²) in [5.41, 5.74) is -0.407. The number of carbonyl (C=O) groups excluding carboxylic acids is 1. The lowest BCUT2D eigenvalue weighted by Crippen LogP contribution is -2.64. The molecular formula is C45H74O18. The van der Waals surface area contributed by atoms with E-state index >= 15 is 0 Å². The van der Waals surface area contributed by atoms with Gasteiger partial charge in [-0.25, -0.2) is 0 Å². The van der Waals surface area contributed by atoms with Gasteiger partial charge in [-0.05, 0) is 98.7 Å². The van der Waals surface area contributed by atoms with Crippen LogP contribution >= 0.6 is 0 Å². The van der Waals surface area contributed by atoms with Crippen molar-refractivity contribution in [3.8, 4) is 0 Å². The van der Waals surface area contributed by atoms with Crippen LogP contribution in [0.3, 0.4) is 0 Å². The van der Waals surface area contributed by atoms with Crippen molar-refractivity contribution in [3.63, 3.8) is 0 Å². The quantitative estimate of drug-likeness (QED) is 0.117. The van der Waals surface area contributed by atoms with Crippen LogP contribution in [0.5, 0.6) is 0 Å². The second-order valence-corrected chi connectivity index (χ2v) is 21.4. The van der Waals surface area contributed by atoms with E-state index in [1.165, 1.54) is 6.92 Å². The molecule has 10 N–H and O–H groups in total. The third-order valence-corrected chi connectivity index (χ3v) is 17.7. The van der Waals surface area contributed by atoms with Crippen molar-refractivity contribution in [2.45, 2.75) is 209 Å². The van der Waals surface area contributed by atoms with E-state index in [-0.39, 0.29) is 64.8 Å². The molecule has 4 aliphatic heterocycles. The van der Waals surface area contributed by atoms with E-state index in [0.717, 1.165) is 25.7 Å².